The normalized spacial score (nSPS) is 10.1. The van der Waals surface area contributed by atoms with Crippen molar-refractivity contribution in [1.29, 1.82) is 0 Å². The summed E-state index contributed by atoms with van der Waals surface area (Å²) in [5.41, 5.74) is 6.65. The molecule has 6 aromatic heterocycles. The Morgan fingerprint density at radius 2 is 1.02 bits per heavy atom. The van der Waals surface area contributed by atoms with Gasteiger partial charge in [-0.3, -0.25) is 9.97 Å². The van der Waals surface area contributed by atoms with Gasteiger partial charge < -0.3 is 14.9 Å². The summed E-state index contributed by atoms with van der Waals surface area (Å²) in [5, 5.41) is 17.7. The number of unbranched alkanes of at least 4 members (excludes halogenated alkanes) is 3. The third kappa shape index (κ3) is 18.5. The van der Waals surface area contributed by atoms with Crippen molar-refractivity contribution in [3.63, 3.8) is 0 Å². The fourth-order valence-corrected chi connectivity index (χ4v) is 23.7. The van der Waals surface area contributed by atoms with Crippen molar-refractivity contribution in [3.05, 3.63) is 109 Å². The van der Waals surface area contributed by atoms with Gasteiger partial charge in [-0.1, -0.05) is 33.4 Å². The fraction of sp³-hybridized carbons (Fsp3) is 0.386. The molecule has 61 heavy (non-hydrogen) atoms. The molecule has 0 spiro atoms. The van der Waals surface area contributed by atoms with Crippen LogP contribution >= 0.6 is 49.9 Å². The Labute approximate surface area is 385 Å². The second-order valence-corrected chi connectivity index (χ2v) is 29.0. The van der Waals surface area contributed by atoms with Gasteiger partial charge in [-0.25, -0.2) is 29.3 Å². The summed E-state index contributed by atoms with van der Waals surface area (Å²) in [6.07, 6.45) is 13.5. The van der Waals surface area contributed by atoms with E-state index in [1.54, 1.807) is 64.9 Å². The van der Waals surface area contributed by atoms with E-state index >= 15 is 0 Å². The molecular formula is C44H59BrN6O6S3Sn. The van der Waals surface area contributed by atoms with E-state index in [9.17, 15) is 14.4 Å². The summed E-state index contributed by atoms with van der Waals surface area (Å²) < 4.78 is 11.4. The first-order valence-corrected chi connectivity index (χ1v) is 30.9. The number of carboxylic acid groups (broad SMARTS) is 2. The van der Waals surface area contributed by atoms with Gasteiger partial charge in [0.15, 0.2) is 0 Å². The molecule has 0 saturated heterocycles. The summed E-state index contributed by atoms with van der Waals surface area (Å²) in [6.45, 7) is 13.1. The van der Waals surface area contributed by atoms with Crippen LogP contribution in [0.5, 0.6) is 0 Å². The number of nitrogens with zero attached hydrogens (tertiary/aromatic N) is 6. The first kappa shape index (κ1) is 55.0. The summed E-state index contributed by atoms with van der Waals surface area (Å²) in [5.74, 6) is -2.25. The Morgan fingerprint density at radius 1 is 0.607 bits per heavy atom. The van der Waals surface area contributed by atoms with Crippen LogP contribution in [-0.2, 0) is 4.74 Å². The first-order valence-electron chi connectivity index (χ1n) is 20.0. The number of carboxylic acids is 2. The van der Waals surface area contributed by atoms with E-state index < -0.39 is 30.3 Å². The minimum absolute atomic E-state index is 0. The number of hydrogen-bond acceptors (Lipinski definition) is 13. The van der Waals surface area contributed by atoms with Gasteiger partial charge in [-0.15, -0.1) is 34.0 Å². The summed E-state index contributed by atoms with van der Waals surface area (Å²) in [6, 6.07) is 17.2. The molecule has 330 valence electrons. The Morgan fingerprint density at radius 3 is 1.34 bits per heavy atom. The van der Waals surface area contributed by atoms with E-state index in [0.717, 1.165) is 22.7 Å². The van der Waals surface area contributed by atoms with Gasteiger partial charge in [-0.2, -0.15) is 0 Å². The number of esters is 1. The number of ether oxygens (including phenoxy) is 1. The van der Waals surface area contributed by atoms with Crippen molar-refractivity contribution < 1.29 is 29.3 Å². The van der Waals surface area contributed by atoms with Crippen LogP contribution in [0.25, 0.3) is 22.8 Å². The predicted molar refractivity (Wildman–Crippen MR) is 257 cm³/mol. The molecule has 0 radical (unpaired) electrons. The average molecular weight is 1060 g/mol. The Balaban J connectivity index is 0.000000405. The SMILES string of the molecule is C.CC.CCC[CH2][Sn]([CH2]CCC)([CH2]CCC)[c]1ccccn1.CCOC(=O)c1scnc1Br.O=C(O)c1scnc1-c1ccccn1.O=C(O)c1scnc1-c1ccccn1. The van der Waals surface area contributed by atoms with Crippen LogP contribution in [-0.4, -0.2) is 83.0 Å². The second kappa shape index (κ2) is 31.8. The van der Waals surface area contributed by atoms with Crippen LogP contribution < -0.4 is 3.71 Å². The van der Waals surface area contributed by atoms with Crippen molar-refractivity contribution in [2.24, 2.45) is 0 Å². The predicted octanol–water partition coefficient (Wildman–Crippen LogP) is 12.7. The molecule has 6 aromatic rings. The molecule has 0 unspecified atom stereocenters. The average Bonchev–Trinajstić information content (AvgIpc) is 4.08. The Hall–Kier alpha value is -3.97. The molecule has 6 rings (SSSR count). The maximum absolute atomic E-state index is 11.0. The molecule has 17 heteroatoms. The van der Waals surface area contributed by atoms with Crippen molar-refractivity contribution in [2.45, 2.75) is 101 Å². The van der Waals surface area contributed by atoms with E-state index in [0.29, 0.717) is 38.9 Å². The Kier molecular flexibility index (Phi) is 28.7. The minimum atomic E-state index is -2.21. The van der Waals surface area contributed by atoms with Crippen molar-refractivity contribution in [2.75, 3.05) is 6.61 Å². The molecule has 12 nitrogen and oxygen atoms in total. The molecule has 0 aliphatic carbocycles. The van der Waals surface area contributed by atoms with Crippen LogP contribution in [0.15, 0.2) is 94.3 Å². The van der Waals surface area contributed by atoms with Crippen LogP contribution in [0.3, 0.4) is 0 Å². The largest absolute Gasteiger partial charge is 0.477 e. The summed E-state index contributed by atoms with van der Waals surface area (Å²) >= 11 is 4.40. The number of halogens is 1. The smallest absolute Gasteiger partial charge is 0.351 e. The van der Waals surface area contributed by atoms with E-state index in [4.69, 9.17) is 19.9 Å². The van der Waals surface area contributed by atoms with Gasteiger partial charge in [0.1, 0.15) is 30.6 Å². The molecule has 0 saturated carbocycles. The number of thiazole rings is 3. The zero-order valence-electron chi connectivity index (χ0n) is 35.0. The number of rotatable bonds is 16. The molecule has 0 fully saturated rings. The number of hydrogen-bond donors (Lipinski definition) is 2. The van der Waals surface area contributed by atoms with Crippen LogP contribution in [0.1, 0.15) is 117 Å². The molecule has 0 atom stereocenters. The number of pyridine rings is 3. The van der Waals surface area contributed by atoms with Gasteiger partial charge >= 0.3 is 142 Å². The third-order valence-corrected chi connectivity index (χ3v) is 27.0. The summed E-state index contributed by atoms with van der Waals surface area (Å²) in [7, 11) is 0. The van der Waals surface area contributed by atoms with Crippen molar-refractivity contribution in [3.8, 4) is 22.8 Å². The van der Waals surface area contributed by atoms with Gasteiger partial charge in [-0.05, 0) is 47.1 Å². The standard InChI is InChI=1S/2C9H6N2O2S.C6H6BrNO2S.C5H4N.3C4H9.C2H6.CH4.Sn/c2*12-9(13)8-7(11-5-14-8)6-3-1-2-4-10-6;1-2-10-6(9)4-5(7)8-3-11-4;1-2-4-6-5-3-1;3*1-3-4-2;1-2;;/h2*1-5H,(H,12,13);3H,2H2,1H3;1-4H;3*1,3-4H2,2H3;1-2H3;1H4;. The maximum Gasteiger partial charge on any atom is 0.351 e. The van der Waals surface area contributed by atoms with Gasteiger partial charge in [0.05, 0.1) is 34.5 Å². The maximum atomic E-state index is 11.0. The number of carbonyl (C=O) groups excluding carboxylic acids is 1. The van der Waals surface area contributed by atoms with Crippen LogP contribution in [0.2, 0.25) is 13.3 Å². The quantitative estimate of drug-likeness (QED) is 0.0693. The minimum Gasteiger partial charge on any atom is -0.477 e. The first-order chi connectivity index (χ1) is 29.1. The zero-order chi connectivity index (χ0) is 44.2. The topological polar surface area (TPSA) is 178 Å². The molecule has 0 bridgehead atoms. The molecule has 0 amide bonds. The van der Waals surface area contributed by atoms with Crippen molar-refractivity contribution >= 4 is 89.9 Å². The van der Waals surface area contributed by atoms with Crippen LogP contribution in [0, 0.1) is 0 Å². The molecule has 0 aromatic carbocycles. The number of aromatic nitrogens is 6. The van der Waals surface area contributed by atoms with Gasteiger partial charge in [0, 0.05) is 12.4 Å². The number of carbonyl (C=O) groups is 3. The zero-order valence-corrected chi connectivity index (χ0v) is 41.9. The van der Waals surface area contributed by atoms with E-state index in [1.165, 1.54) is 74.2 Å². The van der Waals surface area contributed by atoms with E-state index in [-0.39, 0.29) is 23.2 Å². The molecule has 6 heterocycles. The fourth-order valence-electron chi connectivity index (χ4n) is 5.71. The van der Waals surface area contributed by atoms with Gasteiger partial charge in [0.2, 0.25) is 0 Å². The molecule has 0 aliphatic rings. The Bertz CT molecular complexity index is 1980. The van der Waals surface area contributed by atoms with E-state index in [2.05, 4.69) is 79.8 Å². The number of aromatic carboxylic acids is 2. The third-order valence-electron chi connectivity index (χ3n) is 8.56. The van der Waals surface area contributed by atoms with Gasteiger partial charge in [0.25, 0.3) is 0 Å². The monoisotopic (exact) mass is 1060 g/mol. The molecule has 2 N–H and O–H groups in total. The second-order valence-electron chi connectivity index (χ2n) is 12.6. The summed E-state index contributed by atoms with van der Waals surface area (Å²) in [4.78, 5) is 58.3. The van der Waals surface area contributed by atoms with Crippen LogP contribution in [0.4, 0.5) is 0 Å². The van der Waals surface area contributed by atoms with Crippen molar-refractivity contribution in [1.82, 2.24) is 29.9 Å². The molecule has 0 aliphatic heterocycles. The molecular weight excluding hydrogens is 1000 g/mol. The van der Waals surface area contributed by atoms with E-state index in [1.807, 2.05) is 20.0 Å².